The largest absolute Gasteiger partial charge is 0.471 e. The number of carbonyl (C=O) groups excluding carboxylic acids is 1. The quantitative estimate of drug-likeness (QED) is 0.493. The standard InChI is InChI=1S/C20H12F3N3OS/c21-20(22,23)19(27)26-18-16(13-7-2-1-3-8-13)25-17(28-18)15-11-10-12-6-4-5-9-14(12)24-15/h1-11H,(H,26,27). The number of para-hydroxylation sites is 1. The maximum Gasteiger partial charge on any atom is 0.471 e. The maximum absolute atomic E-state index is 12.7. The molecule has 0 unspecified atom stereocenters. The number of nitrogens with one attached hydrogen (secondary N) is 1. The molecule has 0 atom stereocenters. The molecule has 4 aromatic rings. The van der Waals surface area contributed by atoms with Crippen LogP contribution in [0.4, 0.5) is 18.2 Å². The first-order valence-electron chi connectivity index (χ1n) is 8.22. The number of hydrogen-bond donors (Lipinski definition) is 1. The molecule has 1 N–H and O–H groups in total. The molecule has 2 aromatic heterocycles. The number of alkyl halides is 3. The zero-order valence-electron chi connectivity index (χ0n) is 14.2. The molecule has 28 heavy (non-hydrogen) atoms. The van der Waals surface area contributed by atoms with Gasteiger partial charge in [-0.3, -0.25) is 4.79 Å². The summed E-state index contributed by atoms with van der Waals surface area (Å²) in [6, 6.07) is 19.9. The zero-order valence-corrected chi connectivity index (χ0v) is 15.0. The molecule has 0 fully saturated rings. The number of thiazole rings is 1. The Balaban J connectivity index is 1.81. The van der Waals surface area contributed by atoms with Gasteiger partial charge in [-0.2, -0.15) is 13.2 Å². The smallest absolute Gasteiger partial charge is 0.308 e. The van der Waals surface area contributed by atoms with Gasteiger partial charge >= 0.3 is 12.1 Å². The molecule has 0 aliphatic rings. The van der Waals surface area contributed by atoms with Crippen LogP contribution in [0.3, 0.4) is 0 Å². The zero-order chi connectivity index (χ0) is 19.7. The molecule has 0 spiro atoms. The molecule has 2 aromatic carbocycles. The van der Waals surface area contributed by atoms with Gasteiger partial charge in [-0.1, -0.05) is 65.9 Å². The minimum Gasteiger partial charge on any atom is -0.308 e. The highest BCUT2D eigenvalue weighted by atomic mass is 32.1. The number of aromatic nitrogens is 2. The van der Waals surface area contributed by atoms with E-state index in [9.17, 15) is 18.0 Å². The molecule has 140 valence electrons. The molecule has 4 rings (SSSR count). The second kappa shape index (κ2) is 7.05. The third kappa shape index (κ3) is 3.59. The summed E-state index contributed by atoms with van der Waals surface area (Å²) in [7, 11) is 0. The molecule has 2 heterocycles. The Labute approximate surface area is 161 Å². The number of amides is 1. The fourth-order valence-electron chi connectivity index (χ4n) is 2.67. The summed E-state index contributed by atoms with van der Waals surface area (Å²) in [6.07, 6.45) is -4.99. The second-order valence-corrected chi connectivity index (χ2v) is 6.90. The molecule has 0 bridgehead atoms. The number of anilines is 1. The van der Waals surface area contributed by atoms with Gasteiger partial charge in [0.15, 0.2) is 0 Å². The predicted molar refractivity (Wildman–Crippen MR) is 103 cm³/mol. The summed E-state index contributed by atoms with van der Waals surface area (Å²) in [5.74, 6) is -2.04. The van der Waals surface area contributed by atoms with Crippen LogP contribution >= 0.6 is 11.3 Å². The van der Waals surface area contributed by atoms with Crippen molar-refractivity contribution in [2.24, 2.45) is 0 Å². The lowest BCUT2D eigenvalue weighted by Gasteiger charge is -2.07. The number of fused-ring (bicyclic) bond motifs is 1. The van der Waals surface area contributed by atoms with Crippen molar-refractivity contribution in [1.29, 1.82) is 0 Å². The average Bonchev–Trinajstić information content (AvgIpc) is 3.11. The molecule has 0 aliphatic carbocycles. The number of halogens is 3. The molecule has 0 saturated heterocycles. The van der Waals surface area contributed by atoms with E-state index in [1.807, 2.05) is 35.6 Å². The second-order valence-electron chi connectivity index (χ2n) is 5.90. The topological polar surface area (TPSA) is 54.9 Å². The van der Waals surface area contributed by atoms with Gasteiger partial charge in [-0.15, -0.1) is 0 Å². The van der Waals surface area contributed by atoms with Crippen LogP contribution in [0.2, 0.25) is 0 Å². The predicted octanol–water partition coefficient (Wildman–Crippen LogP) is 5.53. The first-order chi connectivity index (χ1) is 13.4. The van der Waals surface area contributed by atoms with E-state index in [-0.39, 0.29) is 10.7 Å². The van der Waals surface area contributed by atoms with E-state index in [4.69, 9.17) is 0 Å². The minimum atomic E-state index is -4.99. The van der Waals surface area contributed by atoms with E-state index < -0.39 is 12.1 Å². The summed E-state index contributed by atoms with van der Waals surface area (Å²) in [6.45, 7) is 0. The molecule has 0 aliphatic heterocycles. The Morgan fingerprint density at radius 3 is 2.36 bits per heavy atom. The van der Waals surface area contributed by atoms with E-state index in [0.717, 1.165) is 22.2 Å². The lowest BCUT2D eigenvalue weighted by molar-refractivity contribution is -0.167. The minimum absolute atomic E-state index is 0.0264. The fraction of sp³-hybridized carbons (Fsp3) is 0.0500. The van der Waals surface area contributed by atoms with Gasteiger partial charge in [-0.25, -0.2) is 9.97 Å². The van der Waals surface area contributed by atoms with Crippen LogP contribution in [0, 0.1) is 0 Å². The fourth-order valence-corrected chi connectivity index (χ4v) is 3.62. The van der Waals surface area contributed by atoms with Crippen molar-refractivity contribution in [3.63, 3.8) is 0 Å². The Bertz CT molecular complexity index is 1160. The number of nitrogens with zero attached hydrogens (tertiary/aromatic N) is 2. The van der Waals surface area contributed by atoms with Crippen LogP contribution in [-0.2, 0) is 4.79 Å². The molecule has 0 saturated carbocycles. The van der Waals surface area contributed by atoms with E-state index in [1.54, 1.807) is 36.4 Å². The van der Waals surface area contributed by atoms with Gasteiger partial charge in [0.2, 0.25) is 0 Å². The molecular formula is C20H12F3N3OS. The van der Waals surface area contributed by atoms with E-state index in [2.05, 4.69) is 9.97 Å². The Kier molecular flexibility index (Phi) is 4.56. The van der Waals surface area contributed by atoms with Crippen molar-refractivity contribution in [2.45, 2.75) is 6.18 Å². The van der Waals surface area contributed by atoms with Gasteiger partial charge in [0.25, 0.3) is 0 Å². The summed E-state index contributed by atoms with van der Waals surface area (Å²) in [4.78, 5) is 20.5. The van der Waals surface area contributed by atoms with Crippen molar-refractivity contribution in [3.8, 4) is 22.0 Å². The lowest BCUT2D eigenvalue weighted by Crippen LogP contribution is -2.29. The van der Waals surface area contributed by atoms with Crippen LogP contribution in [0.5, 0.6) is 0 Å². The van der Waals surface area contributed by atoms with Crippen LogP contribution in [0.25, 0.3) is 32.9 Å². The molecule has 0 radical (unpaired) electrons. The van der Waals surface area contributed by atoms with Gasteiger partial charge in [0, 0.05) is 10.9 Å². The summed E-state index contributed by atoms with van der Waals surface area (Å²) in [5, 5.41) is 3.33. The average molecular weight is 399 g/mol. The molecule has 8 heteroatoms. The first-order valence-corrected chi connectivity index (χ1v) is 9.04. The SMILES string of the molecule is O=C(Nc1sc(-c2ccc3ccccc3n2)nc1-c1ccccc1)C(F)(F)F. The van der Waals surface area contributed by atoms with Crippen LogP contribution < -0.4 is 5.32 Å². The number of rotatable bonds is 3. The van der Waals surface area contributed by atoms with Crippen LogP contribution in [0.15, 0.2) is 66.7 Å². The van der Waals surface area contributed by atoms with Crippen molar-refractivity contribution >= 4 is 33.1 Å². The normalized spacial score (nSPS) is 11.5. The van der Waals surface area contributed by atoms with Crippen molar-refractivity contribution < 1.29 is 18.0 Å². The Morgan fingerprint density at radius 1 is 0.893 bits per heavy atom. The van der Waals surface area contributed by atoms with Gasteiger partial charge < -0.3 is 5.32 Å². The summed E-state index contributed by atoms with van der Waals surface area (Å²) in [5.41, 5.74) is 2.14. The highest BCUT2D eigenvalue weighted by molar-refractivity contribution is 7.19. The Morgan fingerprint density at radius 2 is 1.61 bits per heavy atom. The lowest BCUT2D eigenvalue weighted by atomic mass is 10.1. The highest BCUT2D eigenvalue weighted by Crippen LogP contribution is 2.38. The first kappa shape index (κ1) is 18.1. The van der Waals surface area contributed by atoms with Gasteiger partial charge in [0.05, 0.1) is 11.2 Å². The third-order valence-corrected chi connectivity index (χ3v) is 4.97. The van der Waals surface area contributed by atoms with Gasteiger partial charge in [-0.05, 0) is 12.1 Å². The van der Waals surface area contributed by atoms with Crippen LogP contribution in [0.1, 0.15) is 0 Å². The van der Waals surface area contributed by atoms with E-state index in [0.29, 0.717) is 16.3 Å². The summed E-state index contributed by atoms with van der Waals surface area (Å²) < 4.78 is 38.2. The van der Waals surface area contributed by atoms with Crippen LogP contribution in [-0.4, -0.2) is 22.1 Å². The number of hydrogen-bond acceptors (Lipinski definition) is 4. The third-order valence-electron chi connectivity index (χ3n) is 3.98. The van der Waals surface area contributed by atoms with Crippen molar-refractivity contribution in [1.82, 2.24) is 9.97 Å². The molecule has 1 amide bonds. The van der Waals surface area contributed by atoms with E-state index in [1.165, 1.54) is 0 Å². The maximum atomic E-state index is 12.7. The summed E-state index contributed by atoms with van der Waals surface area (Å²) >= 11 is 0.955. The number of pyridine rings is 1. The number of carbonyl (C=O) groups is 1. The molecule has 4 nitrogen and oxygen atoms in total. The van der Waals surface area contributed by atoms with Crippen molar-refractivity contribution in [2.75, 3.05) is 5.32 Å². The van der Waals surface area contributed by atoms with Gasteiger partial charge in [0.1, 0.15) is 15.7 Å². The van der Waals surface area contributed by atoms with E-state index >= 15 is 0 Å². The molecular weight excluding hydrogens is 387 g/mol. The van der Waals surface area contributed by atoms with Crippen molar-refractivity contribution in [3.05, 3.63) is 66.7 Å². The highest BCUT2D eigenvalue weighted by Gasteiger charge is 2.39. The number of benzene rings is 2. The Hall–Kier alpha value is -3.26. The monoisotopic (exact) mass is 399 g/mol.